The Kier molecular flexibility index (Phi) is 3.38. The van der Waals surface area contributed by atoms with Crippen molar-refractivity contribution in [2.75, 3.05) is 0 Å². The molecule has 0 aliphatic carbocycles. The van der Waals surface area contributed by atoms with Gasteiger partial charge in [-0.2, -0.15) is 0 Å². The van der Waals surface area contributed by atoms with Gasteiger partial charge >= 0.3 is 0 Å². The quantitative estimate of drug-likeness (QED) is 0.387. The molecule has 94 valence electrons. The van der Waals surface area contributed by atoms with Gasteiger partial charge in [-0.25, -0.2) is 4.98 Å². The Morgan fingerprint density at radius 1 is 1.44 bits per heavy atom. The van der Waals surface area contributed by atoms with E-state index >= 15 is 0 Å². The van der Waals surface area contributed by atoms with E-state index in [1.807, 2.05) is 36.6 Å². The molecule has 0 amide bonds. The molecule has 0 aliphatic heterocycles. The number of aromatic nitrogens is 2. The highest BCUT2D eigenvalue weighted by molar-refractivity contribution is 9.10. The largest absolute Gasteiger partial charge is 0.409 e. The van der Waals surface area contributed by atoms with E-state index in [1.54, 1.807) is 6.33 Å². The molecule has 1 aromatic carbocycles. The van der Waals surface area contributed by atoms with Crippen molar-refractivity contribution in [2.24, 2.45) is 10.9 Å². The van der Waals surface area contributed by atoms with Gasteiger partial charge in [0.1, 0.15) is 0 Å². The number of nitrogens with zero attached hydrogens (tertiary/aromatic N) is 3. The lowest BCUT2D eigenvalue weighted by Gasteiger charge is -2.12. The van der Waals surface area contributed by atoms with Crippen molar-refractivity contribution in [1.82, 2.24) is 9.55 Å². The van der Waals surface area contributed by atoms with E-state index in [1.165, 1.54) is 0 Å². The van der Waals surface area contributed by atoms with Crippen LogP contribution in [0.1, 0.15) is 17.0 Å². The molecule has 0 spiro atoms. The lowest BCUT2D eigenvalue weighted by atomic mass is 10.1. The summed E-state index contributed by atoms with van der Waals surface area (Å²) in [5, 5.41) is 11.9. The second-order valence-electron chi connectivity index (χ2n) is 3.90. The number of oxime groups is 1. The lowest BCUT2D eigenvalue weighted by molar-refractivity contribution is 0.318. The van der Waals surface area contributed by atoms with Crippen LogP contribution in [0.15, 0.2) is 34.2 Å². The fourth-order valence-electron chi connectivity index (χ4n) is 1.76. The van der Waals surface area contributed by atoms with Gasteiger partial charge in [-0.1, -0.05) is 11.2 Å². The van der Waals surface area contributed by atoms with Gasteiger partial charge in [-0.15, -0.1) is 0 Å². The predicted octanol–water partition coefficient (Wildman–Crippen LogP) is 2.35. The third-order valence-electron chi connectivity index (χ3n) is 2.87. The van der Waals surface area contributed by atoms with Crippen molar-refractivity contribution < 1.29 is 5.21 Å². The minimum atomic E-state index is 0.0585. The minimum absolute atomic E-state index is 0.0585. The van der Waals surface area contributed by atoms with Crippen molar-refractivity contribution in [3.05, 3.63) is 46.0 Å². The van der Waals surface area contributed by atoms with Gasteiger partial charge in [0.25, 0.3) is 0 Å². The van der Waals surface area contributed by atoms with Crippen molar-refractivity contribution in [2.45, 2.75) is 13.8 Å². The SMILES string of the molecule is Cc1ncn(-c2cccc(Br)c2/C(N)=N/O)c1C. The highest BCUT2D eigenvalue weighted by Crippen LogP contribution is 2.25. The number of benzene rings is 1. The third-order valence-corrected chi connectivity index (χ3v) is 3.53. The Morgan fingerprint density at radius 2 is 2.17 bits per heavy atom. The number of halogens is 1. The first-order valence-corrected chi connectivity index (χ1v) is 6.13. The maximum Gasteiger partial charge on any atom is 0.173 e. The number of amidine groups is 1. The van der Waals surface area contributed by atoms with Crippen LogP contribution in [-0.2, 0) is 0 Å². The fraction of sp³-hybridized carbons (Fsp3) is 0.167. The van der Waals surface area contributed by atoms with E-state index in [-0.39, 0.29) is 5.84 Å². The molecule has 0 bridgehead atoms. The molecule has 1 heterocycles. The van der Waals surface area contributed by atoms with Gasteiger partial charge in [0.2, 0.25) is 0 Å². The molecule has 0 saturated heterocycles. The van der Waals surface area contributed by atoms with Crippen LogP contribution in [0, 0.1) is 13.8 Å². The van der Waals surface area contributed by atoms with E-state index in [4.69, 9.17) is 10.9 Å². The molecule has 6 heteroatoms. The predicted molar refractivity (Wildman–Crippen MR) is 73.2 cm³/mol. The molecule has 18 heavy (non-hydrogen) atoms. The summed E-state index contributed by atoms with van der Waals surface area (Å²) in [6.07, 6.45) is 1.72. The number of imidazole rings is 1. The van der Waals surface area contributed by atoms with Crippen molar-refractivity contribution in [3.63, 3.8) is 0 Å². The molecule has 2 rings (SSSR count). The molecule has 0 fully saturated rings. The number of aryl methyl sites for hydroxylation is 1. The summed E-state index contributed by atoms with van der Waals surface area (Å²) in [7, 11) is 0. The van der Waals surface area contributed by atoms with Crippen LogP contribution < -0.4 is 5.73 Å². The summed E-state index contributed by atoms with van der Waals surface area (Å²) in [6.45, 7) is 3.91. The van der Waals surface area contributed by atoms with E-state index < -0.39 is 0 Å². The Labute approximate surface area is 113 Å². The molecule has 2 aromatic rings. The molecular formula is C12H13BrN4O. The second kappa shape index (κ2) is 4.81. The molecule has 0 unspecified atom stereocenters. The zero-order chi connectivity index (χ0) is 13.3. The molecule has 5 nitrogen and oxygen atoms in total. The van der Waals surface area contributed by atoms with Gasteiger partial charge in [-0.3, -0.25) is 0 Å². The molecule has 3 N–H and O–H groups in total. The van der Waals surface area contributed by atoms with Crippen molar-refractivity contribution in [1.29, 1.82) is 0 Å². The average molecular weight is 309 g/mol. The molecule has 0 aliphatic rings. The van der Waals surface area contributed by atoms with Gasteiger partial charge in [0.05, 0.1) is 23.3 Å². The molecule has 0 radical (unpaired) electrons. The topological polar surface area (TPSA) is 76.4 Å². The highest BCUT2D eigenvalue weighted by atomic mass is 79.9. The number of nitrogens with two attached hydrogens (primary N) is 1. The van der Waals surface area contributed by atoms with E-state index in [0.717, 1.165) is 21.5 Å². The normalized spacial score (nSPS) is 11.8. The zero-order valence-electron chi connectivity index (χ0n) is 10.1. The molecule has 0 saturated carbocycles. The van der Waals surface area contributed by atoms with E-state index in [2.05, 4.69) is 26.1 Å². The highest BCUT2D eigenvalue weighted by Gasteiger charge is 2.14. The Morgan fingerprint density at radius 3 is 2.72 bits per heavy atom. The van der Waals surface area contributed by atoms with E-state index in [0.29, 0.717) is 5.56 Å². The van der Waals surface area contributed by atoms with Crippen LogP contribution >= 0.6 is 15.9 Å². The van der Waals surface area contributed by atoms with Gasteiger partial charge in [0, 0.05) is 10.2 Å². The Hall–Kier alpha value is -1.82. The monoisotopic (exact) mass is 308 g/mol. The van der Waals surface area contributed by atoms with Gasteiger partial charge < -0.3 is 15.5 Å². The first kappa shape index (κ1) is 12.6. The van der Waals surface area contributed by atoms with Gasteiger partial charge in [0.15, 0.2) is 5.84 Å². The summed E-state index contributed by atoms with van der Waals surface area (Å²) >= 11 is 3.41. The Balaban J connectivity index is 2.72. The summed E-state index contributed by atoms with van der Waals surface area (Å²) in [5.41, 5.74) is 9.14. The first-order chi connectivity index (χ1) is 8.56. The summed E-state index contributed by atoms with van der Waals surface area (Å²) < 4.78 is 2.68. The number of rotatable bonds is 2. The molecular weight excluding hydrogens is 296 g/mol. The maximum absolute atomic E-state index is 8.88. The van der Waals surface area contributed by atoms with Crippen LogP contribution in [0.25, 0.3) is 5.69 Å². The summed E-state index contributed by atoms with van der Waals surface area (Å²) in [5.74, 6) is 0.0585. The molecule has 1 aromatic heterocycles. The lowest BCUT2D eigenvalue weighted by Crippen LogP contribution is -2.17. The smallest absolute Gasteiger partial charge is 0.173 e. The Bertz CT molecular complexity index is 619. The fourth-order valence-corrected chi connectivity index (χ4v) is 2.32. The summed E-state index contributed by atoms with van der Waals surface area (Å²) in [6, 6.07) is 5.63. The van der Waals surface area contributed by atoms with E-state index in [9.17, 15) is 0 Å². The minimum Gasteiger partial charge on any atom is -0.409 e. The standard InChI is InChI=1S/C12H13BrN4O/c1-7-8(2)17(6-15-7)10-5-3-4-9(13)11(10)12(14)16-18/h3-6,18H,1-2H3,(H2,14,16). The second-order valence-corrected chi connectivity index (χ2v) is 4.76. The average Bonchev–Trinajstić information content (AvgIpc) is 2.69. The summed E-state index contributed by atoms with van der Waals surface area (Å²) in [4.78, 5) is 4.25. The first-order valence-electron chi connectivity index (χ1n) is 5.33. The third kappa shape index (κ3) is 1.99. The molecule has 0 atom stereocenters. The van der Waals surface area contributed by atoms with Crippen LogP contribution in [-0.4, -0.2) is 20.6 Å². The van der Waals surface area contributed by atoms with Crippen LogP contribution in [0.4, 0.5) is 0 Å². The van der Waals surface area contributed by atoms with Crippen molar-refractivity contribution in [3.8, 4) is 5.69 Å². The van der Waals surface area contributed by atoms with Crippen molar-refractivity contribution >= 4 is 21.8 Å². The van der Waals surface area contributed by atoms with Gasteiger partial charge in [-0.05, 0) is 41.9 Å². The number of hydrogen-bond acceptors (Lipinski definition) is 3. The zero-order valence-corrected chi connectivity index (χ0v) is 11.6. The number of hydrogen-bond donors (Lipinski definition) is 2. The van der Waals surface area contributed by atoms with Crippen LogP contribution in [0.5, 0.6) is 0 Å². The van der Waals surface area contributed by atoms with Crippen LogP contribution in [0.3, 0.4) is 0 Å². The van der Waals surface area contributed by atoms with Crippen LogP contribution in [0.2, 0.25) is 0 Å². The maximum atomic E-state index is 8.88.